The van der Waals surface area contributed by atoms with Gasteiger partial charge in [0.05, 0.1) is 6.54 Å². The highest BCUT2D eigenvalue weighted by Gasteiger charge is 1.99. The highest BCUT2D eigenvalue weighted by atomic mass is 16.2. The molecule has 0 spiro atoms. The van der Waals surface area contributed by atoms with Crippen molar-refractivity contribution < 1.29 is 5.11 Å². The summed E-state index contributed by atoms with van der Waals surface area (Å²) < 4.78 is 0. The van der Waals surface area contributed by atoms with Crippen molar-refractivity contribution in [3.05, 3.63) is 35.4 Å². The van der Waals surface area contributed by atoms with Crippen molar-refractivity contribution in [2.45, 2.75) is 58.9 Å². The molecule has 0 amide bonds. The van der Waals surface area contributed by atoms with Gasteiger partial charge in [0, 0.05) is 19.7 Å². The highest BCUT2D eigenvalue weighted by molar-refractivity contribution is 5.79. The smallest absolute Gasteiger partial charge is 0.191 e. The molecule has 0 unspecified atom stereocenters. The molecule has 0 heterocycles. The predicted octanol–water partition coefficient (Wildman–Crippen LogP) is 3.38. The molecule has 4 nitrogen and oxygen atoms in total. The van der Waals surface area contributed by atoms with Crippen LogP contribution in [-0.2, 0) is 6.54 Å². The van der Waals surface area contributed by atoms with Crippen molar-refractivity contribution in [3.8, 4) is 0 Å². The van der Waals surface area contributed by atoms with Gasteiger partial charge < -0.3 is 15.7 Å². The van der Waals surface area contributed by atoms with Crippen molar-refractivity contribution in [1.29, 1.82) is 0 Å². The molecule has 23 heavy (non-hydrogen) atoms. The quantitative estimate of drug-likeness (QED) is 0.333. The minimum absolute atomic E-state index is 0.301. The lowest BCUT2D eigenvalue weighted by Gasteiger charge is -2.12. The minimum atomic E-state index is 0.301. The fourth-order valence-electron chi connectivity index (χ4n) is 2.22. The summed E-state index contributed by atoms with van der Waals surface area (Å²) in [5, 5.41) is 15.6. The van der Waals surface area contributed by atoms with Gasteiger partial charge >= 0.3 is 0 Å². The Morgan fingerprint density at radius 1 is 0.957 bits per heavy atom. The highest BCUT2D eigenvalue weighted by Crippen LogP contribution is 2.04. The molecule has 0 aliphatic heterocycles. The van der Waals surface area contributed by atoms with Gasteiger partial charge in [-0.15, -0.1) is 0 Å². The van der Waals surface area contributed by atoms with Crippen LogP contribution >= 0.6 is 0 Å². The first kappa shape index (κ1) is 19.5. The molecule has 130 valence electrons. The molecule has 1 aromatic rings. The molecular weight excluding hydrogens is 286 g/mol. The van der Waals surface area contributed by atoms with Crippen molar-refractivity contribution in [2.75, 3.05) is 19.7 Å². The number of hydrogen-bond acceptors (Lipinski definition) is 2. The second kappa shape index (κ2) is 12.9. The fourth-order valence-corrected chi connectivity index (χ4v) is 2.22. The lowest BCUT2D eigenvalue weighted by Crippen LogP contribution is -2.38. The normalized spacial score (nSPS) is 11.5. The van der Waals surface area contributed by atoms with Gasteiger partial charge in [-0.2, -0.15) is 0 Å². The molecule has 0 aliphatic rings. The van der Waals surface area contributed by atoms with E-state index in [-0.39, 0.29) is 0 Å². The standard InChI is InChI=1S/C19H33N3O/c1-3-4-13-20-19(21-14-7-5-6-8-15-23)22-16-18-11-9-17(2)10-12-18/h9-12,23H,3-8,13-16H2,1-2H3,(H2,20,21,22). The average Bonchev–Trinajstić information content (AvgIpc) is 2.56. The maximum absolute atomic E-state index is 8.78. The first-order chi connectivity index (χ1) is 11.3. The predicted molar refractivity (Wildman–Crippen MR) is 98.8 cm³/mol. The summed E-state index contributed by atoms with van der Waals surface area (Å²) in [6.07, 6.45) is 6.59. The number of unbranched alkanes of at least 4 members (excludes halogenated alkanes) is 4. The van der Waals surface area contributed by atoms with Crippen LogP contribution in [0.2, 0.25) is 0 Å². The maximum Gasteiger partial charge on any atom is 0.191 e. The number of nitrogens with one attached hydrogen (secondary N) is 2. The summed E-state index contributed by atoms with van der Waals surface area (Å²) in [6, 6.07) is 8.53. The van der Waals surface area contributed by atoms with E-state index >= 15 is 0 Å². The second-order valence-electron chi connectivity index (χ2n) is 6.00. The van der Waals surface area contributed by atoms with Crippen LogP contribution in [-0.4, -0.2) is 30.8 Å². The van der Waals surface area contributed by atoms with E-state index in [0.29, 0.717) is 13.2 Å². The summed E-state index contributed by atoms with van der Waals surface area (Å²) in [5.41, 5.74) is 2.51. The van der Waals surface area contributed by atoms with Crippen molar-refractivity contribution >= 4 is 5.96 Å². The molecule has 1 rings (SSSR count). The van der Waals surface area contributed by atoms with Crippen LogP contribution in [0.25, 0.3) is 0 Å². The van der Waals surface area contributed by atoms with Crippen LogP contribution in [0.3, 0.4) is 0 Å². The molecule has 0 aromatic heterocycles. The number of guanidine groups is 1. The van der Waals surface area contributed by atoms with E-state index in [1.165, 1.54) is 17.5 Å². The van der Waals surface area contributed by atoms with Gasteiger partial charge in [0.2, 0.25) is 0 Å². The van der Waals surface area contributed by atoms with Crippen LogP contribution in [0.4, 0.5) is 0 Å². The summed E-state index contributed by atoms with van der Waals surface area (Å²) in [5.74, 6) is 0.904. The van der Waals surface area contributed by atoms with Gasteiger partial charge in [-0.25, -0.2) is 4.99 Å². The molecule has 0 saturated carbocycles. The summed E-state index contributed by atoms with van der Waals surface area (Å²) in [6.45, 7) is 7.18. The minimum Gasteiger partial charge on any atom is -0.396 e. The Morgan fingerprint density at radius 2 is 1.61 bits per heavy atom. The number of benzene rings is 1. The molecule has 3 N–H and O–H groups in total. The topological polar surface area (TPSA) is 56.7 Å². The number of aliphatic hydroxyl groups is 1. The Bertz CT molecular complexity index is 429. The SMILES string of the molecule is CCCCNC(=NCc1ccc(C)cc1)NCCCCCCO. The summed E-state index contributed by atoms with van der Waals surface area (Å²) in [7, 11) is 0. The number of rotatable bonds is 11. The first-order valence-electron chi connectivity index (χ1n) is 8.95. The summed E-state index contributed by atoms with van der Waals surface area (Å²) in [4.78, 5) is 4.68. The van der Waals surface area contributed by atoms with Gasteiger partial charge in [0.25, 0.3) is 0 Å². The third kappa shape index (κ3) is 9.95. The molecule has 0 bridgehead atoms. The third-order valence-corrected chi connectivity index (χ3v) is 3.74. The van der Waals surface area contributed by atoms with E-state index in [4.69, 9.17) is 5.11 Å². The van der Waals surface area contributed by atoms with E-state index in [1.807, 2.05) is 0 Å². The van der Waals surface area contributed by atoms with E-state index in [9.17, 15) is 0 Å². The molecule has 4 heteroatoms. The van der Waals surface area contributed by atoms with Crippen LogP contribution in [0.5, 0.6) is 0 Å². The molecule has 1 aromatic carbocycles. The van der Waals surface area contributed by atoms with Crippen LogP contribution in [0, 0.1) is 6.92 Å². The fraction of sp³-hybridized carbons (Fsp3) is 0.632. The van der Waals surface area contributed by atoms with E-state index in [2.05, 4.69) is 53.7 Å². The van der Waals surface area contributed by atoms with E-state index in [1.54, 1.807) is 0 Å². The lowest BCUT2D eigenvalue weighted by atomic mass is 10.1. The Hall–Kier alpha value is -1.55. The van der Waals surface area contributed by atoms with Crippen molar-refractivity contribution in [1.82, 2.24) is 10.6 Å². The third-order valence-electron chi connectivity index (χ3n) is 3.74. The monoisotopic (exact) mass is 319 g/mol. The second-order valence-corrected chi connectivity index (χ2v) is 6.00. The number of hydrogen-bond donors (Lipinski definition) is 3. The maximum atomic E-state index is 8.78. The molecule has 0 saturated heterocycles. The zero-order chi connectivity index (χ0) is 16.8. The zero-order valence-corrected chi connectivity index (χ0v) is 14.8. The number of nitrogens with zero attached hydrogens (tertiary/aromatic N) is 1. The molecule has 0 aliphatic carbocycles. The Labute approximate surface area is 141 Å². The number of aliphatic imine (C=N–C) groups is 1. The summed E-state index contributed by atoms with van der Waals surface area (Å²) >= 11 is 0. The van der Waals surface area contributed by atoms with Crippen molar-refractivity contribution in [3.63, 3.8) is 0 Å². The number of aryl methyl sites for hydroxylation is 1. The largest absolute Gasteiger partial charge is 0.396 e. The Balaban J connectivity index is 2.40. The van der Waals surface area contributed by atoms with Gasteiger partial charge in [-0.3, -0.25) is 0 Å². The first-order valence-corrected chi connectivity index (χ1v) is 8.95. The van der Waals surface area contributed by atoms with Gasteiger partial charge in [-0.1, -0.05) is 56.0 Å². The molecule has 0 atom stereocenters. The van der Waals surface area contributed by atoms with E-state index < -0.39 is 0 Å². The molecule has 0 radical (unpaired) electrons. The van der Waals surface area contributed by atoms with Crippen LogP contribution < -0.4 is 10.6 Å². The molecular formula is C19H33N3O. The van der Waals surface area contributed by atoms with E-state index in [0.717, 1.165) is 51.2 Å². The Morgan fingerprint density at radius 3 is 2.26 bits per heavy atom. The lowest BCUT2D eigenvalue weighted by molar-refractivity contribution is 0.282. The van der Waals surface area contributed by atoms with Crippen LogP contribution in [0.1, 0.15) is 56.6 Å². The zero-order valence-electron chi connectivity index (χ0n) is 14.8. The van der Waals surface area contributed by atoms with Crippen molar-refractivity contribution in [2.24, 2.45) is 4.99 Å². The van der Waals surface area contributed by atoms with Crippen LogP contribution in [0.15, 0.2) is 29.3 Å². The number of aliphatic hydroxyl groups excluding tert-OH is 1. The van der Waals surface area contributed by atoms with Gasteiger partial charge in [-0.05, 0) is 31.7 Å². The van der Waals surface area contributed by atoms with Gasteiger partial charge in [0.1, 0.15) is 0 Å². The average molecular weight is 319 g/mol. The van der Waals surface area contributed by atoms with Gasteiger partial charge in [0.15, 0.2) is 5.96 Å². The molecule has 0 fully saturated rings. The Kier molecular flexibility index (Phi) is 11.0.